The number of hydrogen-bond donors (Lipinski definition) is 2. The van der Waals surface area contributed by atoms with Gasteiger partial charge in [0.25, 0.3) is 0 Å². The molecule has 2 aromatic rings. The highest BCUT2D eigenvalue weighted by atomic mass is 32.2. The summed E-state index contributed by atoms with van der Waals surface area (Å²) in [6, 6.07) is 11.2. The molecule has 104 valence electrons. The van der Waals surface area contributed by atoms with Gasteiger partial charge in [0.15, 0.2) is 0 Å². The monoisotopic (exact) mass is 291 g/mol. The van der Waals surface area contributed by atoms with Crippen LogP contribution < -0.4 is 10.0 Å². The Morgan fingerprint density at radius 1 is 1.10 bits per heavy atom. The number of aromatic nitrogens is 1. The number of sulfonamides is 1. The summed E-state index contributed by atoms with van der Waals surface area (Å²) in [5.41, 5.74) is 0.511. The van der Waals surface area contributed by atoms with Crippen molar-refractivity contribution in [2.45, 2.75) is 4.90 Å². The van der Waals surface area contributed by atoms with Crippen LogP contribution >= 0.6 is 0 Å². The number of amides is 1. The standard InChI is InChI=1S/C13H13N3O3S/c17-13(16-11-5-4-8-14-9-11)10-15-20(18,19)12-6-2-1-3-7-12/h1-9,15H,10H2,(H,16,17). The van der Waals surface area contributed by atoms with E-state index in [1.54, 1.807) is 36.5 Å². The van der Waals surface area contributed by atoms with Crippen LogP contribution in [0.4, 0.5) is 5.69 Å². The first-order valence-corrected chi connectivity index (χ1v) is 7.31. The zero-order valence-corrected chi connectivity index (χ0v) is 11.3. The van der Waals surface area contributed by atoms with E-state index in [0.29, 0.717) is 5.69 Å². The Hall–Kier alpha value is -2.25. The van der Waals surface area contributed by atoms with Crippen molar-refractivity contribution in [3.05, 3.63) is 54.9 Å². The molecule has 2 rings (SSSR count). The van der Waals surface area contributed by atoms with Gasteiger partial charge in [0.2, 0.25) is 15.9 Å². The molecule has 0 aliphatic rings. The molecule has 1 aromatic carbocycles. The zero-order chi connectivity index (χ0) is 14.4. The Kier molecular flexibility index (Phi) is 4.44. The summed E-state index contributed by atoms with van der Waals surface area (Å²) in [6.45, 7) is -0.341. The van der Waals surface area contributed by atoms with E-state index in [-0.39, 0.29) is 11.4 Å². The normalized spacial score (nSPS) is 11.0. The van der Waals surface area contributed by atoms with E-state index in [2.05, 4.69) is 15.0 Å². The van der Waals surface area contributed by atoms with Crippen LogP contribution in [0.25, 0.3) is 0 Å². The molecule has 0 saturated carbocycles. The summed E-state index contributed by atoms with van der Waals surface area (Å²) in [6.07, 6.45) is 3.05. The minimum Gasteiger partial charge on any atom is -0.324 e. The molecule has 20 heavy (non-hydrogen) atoms. The maximum atomic E-state index is 11.9. The lowest BCUT2D eigenvalue weighted by Gasteiger charge is -2.07. The fourth-order valence-corrected chi connectivity index (χ4v) is 2.49. The van der Waals surface area contributed by atoms with Crippen LogP contribution in [-0.2, 0) is 14.8 Å². The highest BCUT2D eigenvalue weighted by molar-refractivity contribution is 7.89. The van der Waals surface area contributed by atoms with E-state index >= 15 is 0 Å². The first-order valence-electron chi connectivity index (χ1n) is 5.82. The number of pyridine rings is 1. The predicted molar refractivity (Wildman–Crippen MR) is 74.5 cm³/mol. The number of hydrogen-bond acceptors (Lipinski definition) is 4. The first kappa shape index (κ1) is 14.2. The van der Waals surface area contributed by atoms with Crippen molar-refractivity contribution in [3.63, 3.8) is 0 Å². The topological polar surface area (TPSA) is 88.2 Å². The Labute approximate surface area is 116 Å². The van der Waals surface area contributed by atoms with Gasteiger partial charge in [0.1, 0.15) is 0 Å². The van der Waals surface area contributed by atoms with Gasteiger partial charge in [-0.3, -0.25) is 9.78 Å². The van der Waals surface area contributed by atoms with Gasteiger partial charge in [-0.25, -0.2) is 13.1 Å². The van der Waals surface area contributed by atoms with Gasteiger partial charge in [-0.05, 0) is 24.3 Å². The van der Waals surface area contributed by atoms with Crippen LogP contribution in [0, 0.1) is 0 Å². The van der Waals surface area contributed by atoms with Crippen LogP contribution in [0.3, 0.4) is 0 Å². The fraction of sp³-hybridized carbons (Fsp3) is 0.0769. The lowest BCUT2D eigenvalue weighted by atomic mass is 10.4. The molecular formula is C13H13N3O3S. The highest BCUT2D eigenvalue weighted by Gasteiger charge is 2.14. The smallest absolute Gasteiger partial charge is 0.241 e. The predicted octanol–water partition coefficient (Wildman–Crippen LogP) is 0.999. The minimum atomic E-state index is -3.67. The maximum absolute atomic E-state index is 11.9. The first-order chi connectivity index (χ1) is 9.58. The summed E-state index contributed by atoms with van der Waals surface area (Å²) in [5.74, 6) is -0.461. The molecule has 0 spiro atoms. The molecule has 6 nitrogen and oxygen atoms in total. The third kappa shape index (κ3) is 3.87. The second kappa shape index (κ2) is 6.27. The van der Waals surface area contributed by atoms with Gasteiger partial charge in [-0.2, -0.15) is 0 Å². The van der Waals surface area contributed by atoms with E-state index < -0.39 is 15.9 Å². The largest absolute Gasteiger partial charge is 0.324 e. The van der Waals surface area contributed by atoms with Gasteiger partial charge in [0.05, 0.1) is 23.3 Å². The quantitative estimate of drug-likeness (QED) is 0.860. The highest BCUT2D eigenvalue weighted by Crippen LogP contribution is 2.07. The molecule has 0 radical (unpaired) electrons. The number of carbonyl (C=O) groups excluding carboxylic acids is 1. The molecule has 7 heteroatoms. The Morgan fingerprint density at radius 3 is 2.50 bits per heavy atom. The second-order valence-electron chi connectivity index (χ2n) is 3.93. The van der Waals surface area contributed by atoms with Crippen LogP contribution in [0.1, 0.15) is 0 Å². The number of anilines is 1. The van der Waals surface area contributed by atoms with Gasteiger partial charge >= 0.3 is 0 Å². The van der Waals surface area contributed by atoms with E-state index in [1.165, 1.54) is 18.3 Å². The lowest BCUT2D eigenvalue weighted by Crippen LogP contribution is -2.32. The van der Waals surface area contributed by atoms with Gasteiger partial charge < -0.3 is 5.32 Å². The number of rotatable bonds is 5. The van der Waals surface area contributed by atoms with Crippen molar-refractivity contribution in [3.8, 4) is 0 Å². The van der Waals surface area contributed by atoms with Crippen molar-refractivity contribution < 1.29 is 13.2 Å². The molecule has 0 atom stereocenters. The van der Waals surface area contributed by atoms with Crippen molar-refractivity contribution in [1.29, 1.82) is 0 Å². The van der Waals surface area contributed by atoms with Crippen LogP contribution in [-0.4, -0.2) is 25.9 Å². The molecule has 0 aliphatic heterocycles. The molecular weight excluding hydrogens is 278 g/mol. The Balaban J connectivity index is 1.94. The summed E-state index contributed by atoms with van der Waals surface area (Å²) in [4.78, 5) is 15.6. The van der Waals surface area contributed by atoms with Gasteiger partial charge in [0, 0.05) is 6.20 Å². The Bertz CT molecular complexity index is 673. The van der Waals surface area contributed by atoms with E-state index in [0.717, 1.165) is 0 Å². The third-order valence-corrected chi connectivity index (χ3v) is 3.84. The maximum Gasteiger partial charge on any atom is 0.241 e. The molecule has 0 saturated heterocycles. The van der Waals surface area contributed by atoms with Crippen LogP contribution in [0.5, 0.6) is 0 Å². The summed E-state index contributed by atoms with van der Waals surface area (Å²) < 4.78 is 26.0. The minimum absolute atomic E-state index is 0.120. The van der Waals surface area contributed by atoms with Crippen molar-refractivity contribution in [1.82, 2.24) is 9.71 Å². The number of nitrogens with one attached hydrogen (secondary N) is 2. The van der Waals surface area contributed by atoms with E-state index in [4.69, 9.17) is 0 Å². The Morgan fingerprint density at radius 2 is 1.85 bits per heavy atom. The number of carbonyl (C=O) groups is 1. The third-order valence-electron chi connectivity index (χ3n) is 2.42. The van der Waals surface area contributed by atoms with Crippen LogP contribution in [0.15, 0.2) is 59.8 Å². The van der Waals surface area contributed by atoms with E-state index in [1.807, 2.05) is 0 Å². The molecule has 2 N–H and O–H groups in total. The summed E-state index contributed by atoms with van der Waals surface area (Å²) >= 11 is 0. The molecule has 1 amide bonds. The van der Waals surface area contributed by atoms with Crippen LogP contribution in [0.2, 0.25) is 0 Å². The molecule has 0 aliphatic carbocycles. The van der Waals surface area contributed by atoms with Crippen molar-refractivity contribution in [2.24, 2.45) is 0 Å². The average Bonchev–Trinajstić information content (AvgIpc) is 2.47. The molecule has 0 unspecified atom stereocenters. The van der Waals surface area contributed by atoms with Gasteiger partial charge in [-0.1, -0.05) is 18.2 Å². The SMILES string of the molecule is O=C(CNS(=O)(=O)c1ccccc1)Nc1cccnc1. The molecule has 0 bridgehead atoms. The van der Waals surface area contributed by atoms with Crippen molar-refractivity contribution >= 4 is 21.6 Å². The molecule has 0 fully saturated rings. The molecule has 1 heterocycles. The average molecular weight is 291 g/mol. The number of benzene rings is 1. The molecule has 1 aromatic heterocycles. The summed E-state index contributed by atoms with van der Waals surface area (Å²) in [5, 5.41) is 2.54. The fourth-order valence-electron chi connectivity index (χ4n) is 1.49. The number of nitrogens with zero attached hydrogens (tertiary/aromatic N) is 1. The van der Waals surface area contributed by atoms with Crippen molar-refractivity contribution in [2.75, 3.05) is 11.9 Å². The summed E-state index contributed by atoms with van der Waals surface area (Å²) in [7, 11) is -3.67. The second-order valence-corrected chi connectivity index (χ2v) is 5.69. The van der Waals surface area contributed by atoms with Gasteiger partial charge in [-0.15, -0.1) is 0 Å². The lowest BCUT2D eigenvalue weighted by molar-refractivity contribution is -0.115. The van der Waals surface area contributed by atoms with E-state index in [9.17, 15) is 13.2 Å². The zero-order valence-electron chi connectivity index (χ0n) is 10.5.